The highest BCUT2D eigenvalue weighted by Crippen LogP contribution is 2.32. The maximum absolute atomic E-state index is 6.48. The summed E-state index contributed by atoms with van der Waals surface area (Å²) in [6.07, 6.45) is 1.41. The van der Waals surface area contributed by atoms with Crippen LogP contribution < -0.4 is 11.1 Å². The smallest absolute Gasteiger partial charge is 0.230 e. The maximum Gasteiger partial charge on any atom is 0.230 e. The molecule has 1 aromatic carbocycles. The highest BCUT2D eigenvalue weighted by molar-refractivity contribution is 6.31. The fourth-order valence-electron chi connectivity index (χ4n) is 2.88. The minimum Gasteiger partial charge on any atom is -0.388 e. The van der Waals surface area contributed by atoms with E-state index in [1.54, 1.807) is 0 Å². The molecule has 0 aliphatic carbocycles. The van der Waals surface area contributed by atoms with Gasteiger partial charge >= 0.3 is 0 Å². The van der Waals surface area contributed by atoms with E-state index < -0.39 is 0 Å². The first-order valence-electron chi connectivity index (χ1n) is 7.89. The Morgan fingerprint density at radius 2 is 2.33 bits per heavy atom. The van der Waals surface area contributed by atoms with Gasteiger partial charge in [0.15, 0.2) is 0 Å². The predicted molar refractivity (Wildman–Crippen MR) is 97.3 cm³/mol. The van der Waals surface area contributed by atoms with Gasteiger partial charge in [0.1, 0.15) is 5.84 Å². The number of benzene rings is 1. The third kappa shape index (κ3) is 3.64. The Morgan fingerprint density at radius 1 is 1.46 bits per heavy atom. The number of hydrogen-bond donors (Lipinski definition) is 2. The van der Waals surface area contributed by atoms with Crippen LogP contribution in [0.3, 0.4) is 0 Å². The second kappa shape index (κ2) is 7.56. The summed E-state index contributed by atoms with van der Waals surface area (Å²) in [4.78, 5) is 10.5. The number of nitrogens with one attached hydrogen (secondary N) is 1. The molecule has 1 fully saturated rings. The first-order valence-corrected chi connectivity index (χ1v) is 8.27. The second-order valence-electron chi connectivity index (χ2n) is 5.59. The summed E-state index contributed by atoms with van der Waals surface area (Å²) in [5.74, 6) is 3.98. The molecule has 126 valence electrons. The molecule has 0 saturated carbocycles. The Kier molecular flexibility index (Phi) is 5.24. The zero-order valence-corrected chi connectivity index (χ0v) is 14.3. The van der Waals surface area contributed by atoms with Crippen molar-refractivity contribution in [3.63, 3.8) is 0 Å². The fraction of sp³-hybridized carbons (Fsp3) is 0.412. The lowest BCUT2D eigenvalue weighted by Crippen LogP contribution is -2.37. The van der Waals surface area contributed by atoms with E-state index in [2.05, 4.69) is 38.2 Å². The first kappa shape index (κ1) is 16.6. The van der Waals surface area contributed by atoms with E-state index in [1.807, 2.05) is 19.2 Å². The summed E-state index contributed by atoms with van der Waals surface area (Å²) >= 11 is 6.48. The van der Waals surface area contributed by atoms with Crippen molar-refractivity contribution in [2.24, 2.45) is 15.7 Å². The Labute approximate surface area is 146 Å². The van der Waals surface area contributed by atoms with Crippen LogP contribution in [0.25, 0.3) is 0 Å². The minimum atomic E-state index is -0.0419. The van der Waals surface area contributed by atoms with Gasteiger partial charge in [-0.1, -0.05) is 17.5 Å². The summed E-state index contributed by atoms with van der Waals surface area (Å²) < 4.78 is 5.80. The van der Waals surface area contributed by atoms with Gasteiger partial charge in [-0.25, -0.2) is 0 Å². The molecule has 2 heterocycles. The van der Waals surface area contributed by atoms with Crippen LogP contribution >= 0.6 is 11.6 Å². The zero-order valence-electron chi connectivity index (χ0n) is 13.6. The summed E-state index contributed by atoms with van der Waals surface area (Å²) in [5, 5.41) is 3.86. The van der Waals surface area contributed by atoms with Crippen LogP contribution in [-0.2, 0) is 4.74 Å². The fourth-order valence-corrected chi connectivity index (χ4v) is 3.12. The van der Waals surface area contributed by atoms with Crippen molar-refractivity contribution < 1.29 is 4.74 Å². The van der Waals surface area contributed by atoms with Gasteiger partial charge in [0.2, 0.25) is 5.96 Å². The molecular formula is C17H20ClN5O. The number of hydrogen-bond acceptors (Lipinski definition) is 6. The average molecular weight is 346 g/mol. The molecule has 0 bridgehead atoms. The number of ether oxygens (including phenoxy) is 1. The van der Waals surface area contributed by atoms with Crippen LogP contribution in [0.2, 0.25) is 5.02 Å². The van der Waals surface area contributed by atoms with Crippen molar-refractivity contribution >= 4 is 29.1 Å². The summed E-state index contributed by atoms with van der Waals surface area (Å²) in [6, 6.07) is 8.53. The number of amidine groups is 1. The molecule has 0 unspecified atom stereocenters. The van der Waals surface area contributed by atoms with Crippen LogP contribution in [-0.4, -0.2) is 43.5 Å². The molecular weight excluding hydrogens is 326 g/mol. The lowest BCUT2D eigenvalue weighted by Gasteiger charge is -2.32. The van der Waals surface area contributed by atoms with Crippen LogP contribution in [0.5, 0.6) is 0 Å². The zero-order chi connectivity index (χ0) is 16.9. The molecule has 7 heteroatoms. The molecule has 0 radical (unpaired) electrons. The van der Waals surface area contributed by atoms with Gasteiger partial charge in [0, 0.05) is 37.0 Å². The normalized spacial score (nSPS) is 20.9. The third-order valence-corrected chi connectivity index (χ3v) is 4.40. The van der Waals surface area contributed by atoms with Gasteiger partial charge in [-0.2, -0.15) is 9.98 Å². The van der Waals surface area contributed by atoms with E-state index >= 15 is 0 Å². The van der Waals surface area contributed by atoms with E-state index in [0.717, 1.165) is 30.1 Å². The highest BCUT2D eigenvalue weighted by atomic mass is 35.5. The number of guanidine groups is 1. The van der Waals surface area contributed by atoms with Crippen molar-refractivity contribution in [2.45, 2.75) is 18.9 Å². The lowest BCUT2D eigenvalue weighted by molar-refractivity contribution is 0.118. The van der Waals surface area contributed by atoms with E-state index in [1.165, 1.54) is 0 Å². The van der Waals surface area contributed by atoms with Gasteiger partial charge in [0.25, 0.3) is 0 Å². The number of rotatable bonds is 2. The Bertz CT molecular complexity index is 734. The Balaban J connectivity index is 2.00. The van der Waals surface area contributed by atoms with Gasteiger partial charge in [-0.15, -0.1) is 0 Å². The number of halogens is 1. The van der Waals surface area contributed by atoms with Crippen molar-refractivity contribution in [3.05, 3.63) is 28.8 Å². The number of aliphatic imine (C=N–C) groups is 2. The van der Waals surface area contributed by atoms with Crippen molar-refractivity contribution in [1.29, 1.82) is 0 Å². The number of nitrogens with two attached hydrogens (primary N) is 1. The standard InChI is InChI=1S/C17H20ClN5O/c1-20-12-5-6-14(18)13(10-12)15-11-24-9-3-8-23(15)16-4-2-7-21-17(19)22-16/h5-6,10,15,20H,3-4,8-9,11H2,1H3,(H2,19,21)/t15-/m0/s1. The van der Waals surface area contributed by atoms with Gasteiger partial charge in [-0.05, 0) is 30.2 Å². The average Bonchev–Trinajstić information content (AvgIpc) is 2.95. The summed E-state index contributed by atoms with van der Waals surface area (Å²) in [6.45, 7) is 2.05. The topological polar surface area (TPSA) is 75.2 Å². The monoisotopic (exact) mass is 345 g/mol. The molecule has 1 aromatic rings. The molecule has 24 heavy (non-hydrogen) atoms. The molecule has 0 amide bonds. The van der Waals surface area contributed by atoms with Gasteiger partial charge < -0.3 is 20.7 Å². The second-order valence-corrected chi connectivity index (χ2v) is 5.99. The third-order valence-electron chi connectivity index (χ3n) is 4.05. The molecule has 1 saturated heterocycles. The molecule has 6 nitrogen and oxygen atoms in total. The molecule has 0 spiro atoms. The molecule has 0 aromatic heterocycles. The SMILES string of the molecule is CNc1ccc(Cl)c([C@@H]2COCCCN2C2=NC(N)=NC#CC2)c1. The quantitative estimate of drug-likeness (QED) is 0.806. The van der Waals surface area contributed by atoms with Crippen molar-refractivity contribution in [2.75, 3.05) is 32.1 Å². The van der Waals surface area contributed by atoms with Crippen LogP contribution in [0.4, 0.5) is 5.69 Å². The lowest BCUT2D eigenvalue weighted by atomic mass is 10.0. The van der Waals surface area contributed by atoms with Crippen LogP contribution in [0.1, 0.15) is 24.4 Å². The highest BCUT2D eigenvalue weighted by Gasteiger charge is 2.28. The predicted octanol–water partition coefficient (Wildman–Crippen LogP) is 2.22. The summed E-state index contributed by atoms with van der Waals surface area (Å²) in [5.41, 5.74) is 7.80. The number of nitrogens with zero attached hydrogens (tertiary/aromatic N) is 3. The van der Waals surface area contributed by atoms with E-state index in [-0.39, 0.29) is 12.0 Å². The molecule has 3 N–H and O–H groups in total. The molecule has 1 atom stereocenters. The van der Waals surface area contributed by atoms with Crippen LogP contribution in [0, 0.1) is 12.0 Å². The van der Waals surface area contributed by atoms with Gasteiger partial charge in [-0.3, -0.25) is 0 Å². The molecule has 3 rings (SSSR count). The Hall–Kier alpha value is -2.23. The van der Waals surface area contributed by atoms with Crippen LogP contribution in [0.15, 0.2) is 28.2 Å². The first-order chi connectivity index (χ1) is 11.7. The van der Waals surface area contributed by atoms with Gasteiger partial charge in [0.05, 0.1) is 19.1 Å². The Morgan fingerprint density at radius 3 is 3.17 bits per heavy atom. The number of anilines is 1. The molecule has 2 aliphatic rings. The minimum absolute atomic E-state index is 0.0419. The van der Waals surface area contributed by atoms with Crippen molar-refractivity contribution in [3.8, 4) is 12.0 Å². The largest absolute Gasteiger partial charge is 0.388 e. The van der Waals surface area contributed by atoms with E-state index in [9.17, 15) is 0 Å². The maximum atomic E-state index is 6.48. The van der Waals surface area contributed by atoms with E-state index in [4.69, 9.17) is 22.1 Å². The van der Waals surface area contributed by atoms with E-state index in [0.29, 0.717) is 24.7 Å². The summed E-state index contributed by atoms with van der Waals surface area (Å²) in [7, 11) is 1.89. The molecule has 2 aliphatic heterocycles. The van der Waals surface area contributed by atoms with Crippen molar-refractivity contribution in [1.82, 2.24) is 4.90 Å².